The maximum Gasteiger partial charge on any atom is 0.305 e. The van der Waals surface area contributed by atoms with Gasteiger partial charge in [0, 0.05) is 18.5 Å². The van der Waals surface area contributed by atoms with Gasteiger partial charge in [0.2, 0.25) is 0 Å². The fourth-order valence-corrected chi connectivity index (χ4v) is 3.05. The van der Waals surface area contributed by atoms with Crippen LogP contribution in [0, 0.1) is 0 Å². The van der Waals surface area contributed by atoms with Crippen LogP contribution in [0.15, 0.2) is 0 Å². The first kappa shape index (κ1) is 12.8. The molecule has 0 aromatic rings. The summed E-state index contributed by atoms with van der Waals surface area (Å²) in [5.41, 5.74) is 0. The monoisotopic (exact) mass is 240 g/mol. The van der Waals surface area contributed by atoms with Crippen LogP contribution in [0.1, 0.15) is 38.5 Å². The van der Waals surface area contributed by atoms with Gasteiger partial charge in [0.1, 0.15) is 0 Å². The summed E-state index contributed by atoms with van der Waals surface area (Å²) in [6.07, 6.45) is 6.72. The molecule has 0 amide bonds. The molecular formula is C13H24N2O2. The fourth-order valence-electron chi connectivity index (χ4n) is 3.05. The third kappa shape index (κ3) is 3.68. The Kier molecular flexibility index (Phi) is 4.80. The summed E-state index contributed by atoms with van der Waals surface area (Å²) in [7, 11) is 1.45. The SMILES string of the molecule is COC(=O)CCCNC1CCN2CCCC2C1. The lowest BCUT2D eigenvalue weighted by Crippen LogP contribution is -2.45. The van der Waals surface area contributed by atoms with Crippen molar-refractivity contribution in [1.29, 1.82) is 0 Å². The predicted octanol–water partition coefficient (Wildman–Crippen LogP) is 1.16. The normalized spacial score (nSPS) is 29.0. The van der Waals surface area contributed by atoms with Gasteiger partial charge in [-0.25, -0.2) is 0 Å². The van der Waals surface area contributed by atoms with Gasteiger partial charge >= 0.3 is 5.97 Å². The second kappa shape index (κ2) is 6.36. The van der Waals surface area contributed by atoms with Gasteiger partial charge in [0.25, 0.3) is 0 Å². The first-order valence-corrected chi connectivity index (χ1v) is 6.84. The van der Waals surface area contributed by atoms with E-state index >= 15 is 0 Å². The molecule has 0 saturated carbocycles. The highest BCUT2D eigenvalue weighted by Gasteiger charge is 2.31. The molecule has 0 spiro atoms. The number of nitrogens with zero attached hydrogens (tertiary/aromatic N) is 1. The van der Waals surface area contributed by atoms with Crippen molar-refractivity contribution in [2.45, 2.75) is 50.6 Å². The van der Waals surface area contributed by atoms with Gasteiger partial charge in [-0.1, -0.05) is 0 Å². The molecule has 98 valence electrons. The molecule has 2 atom stereocenters. The number of fused-ring (bicyclic) bond motifs is 1. The smallest absolute Gasteiger partial charge is 0.305 e. The van der Waals surface area contributed by atoms with Gasteiger partial charge in [-0.15, -0.1) is 0 Å². The molecule has 2 saturated heterocycles. The van der Waals surface area contributed by atoms with Crippen molar-refractivity contribution in [2.75, 3.05) is 26.7 Å². The van der Waals surface area contributed by atoms with Crippen LogP contribution in [0.25, 0.3) is 0 Å². The van der Waals surface area contributed by atoms with Crippen LogP contribution in [-0.4, -0.2) is 49.7 Å². The summed E-state index contributed by atoms with van der Waals surface area (Å²) in [4.78, 5) is 13.6. The quantitative estimate of drug-likeness (QED) is 0.578. The Morgan fingerprint density at radius 1 is 1.41 bits per heavy atom. The molecule has 2 heterocycles. The predicted molar refractivity (Wildman–Crippen MR) is 66.9 cm³/mol. The largest absolute Gasteiger partial charge is 0.469 e. The van der Waals surface area contributed by atoms with Gasteiger partial charge in [-0.3, -0.25) is 4.79 Å². The Morgan fingerprint density at radius 2 is 2.29 bits per heavy atom. The summed E-state index contributed by atoms with van der Waals surface area (Å²) in [6, 6.07) is 1.48. The maximum absolute atomic E-state index is 11.0. The molecule has 4 nitrogen and oxygen atoms in total. The van der Waals surface area contributed by atoms with Crippen molar-refractivity contribution in [1.82, 2.24) is 10.2 Å². The van der Waals surface area contributed by atoms with Crippen LogP contribution in [0.3, 0.4) is 0 Å². The van der Waals surface area contributed by atoms with E-state index in [1.807, 2.05) is 0 Å². The van der Waals surface area contributed by atoms with E-state index in [-0.39, 0.29) is 5.97 Å². The molecule has 17 heavy (non-hydrogen) atoms. The summed E-state index contributed by atoms with van der Waals surface area (Å²) in [5, 5.41) is 3.58. The summed E-state index contributed by atoms with van der Waals surface area (Å²) in [5.74, 6) is -0.0996. The minimum absolute atomic E-state index is 0.0996. The molecule has 2 aliphatic rings. The number of rotatable bonds is 5. The van der Waals surface area contributed by atoms with Gasteiger partial charge < -0.3 is 15.0 Å². The molecule has 1 N–H and O–H groups in total. The van der Waals surface area contributed by atoms with E-state index < -0.39 is 0 Å². The molecule has 2 rings (SSSR count). The van der Waals surface area contributed by atoms with Crippen molar-refractivity contribution in [2.24, 2.45) is 0 Å². The highest BCUT2D eigenvalue weighted by atomic mass is 16.5. The first-order valence-electron chi connectivity index (χ1n) is 6.84. The number of nitrogens with one attached hydrogen (secondary N) is 1. The zero-order chi connectivity index (χ0) is 12.1. The number of methoxy groups -OCH3 is 1. The molecule has 2 aliphatic heterocycles. The van der Waals surface area contributed by atoms with Crippen molar-refractivity contribution >= 4 is 5.97 Å². The molecule has 4 heteroatoms. The highest BCUT2D eigenvalue weighted by molar-refractivity contribution is 5.69. The second-order valence-electron chi connectivity index (χ2n) is 5.19. The molecule has 0 radical (unpaired) electrons. The molecule has 0 aromatic carbocycles. The topological polar surface area (TPSA) is 41.6 Å². The number of carbonyl (C=O) groups is 1. The van der Waals surface area contributed by atoms with Crippen LogP contribution in [-0.2, 0) is 9.53 Å². The standard InChI is InChI=1S/C13H24N2O2/c1-17-13(16)5-2-7-14-11-6-9-15-8-3-4-12(15)10-11/h11-12,14H,2-10H2,1H3. The molecule has 0 bridgehead atoms. The van der Waals surface area contributed by atoms with Gasteiger partial charge in [-0.2, -0.15) is 0 Å². The zero-order valence-corrected chi connectivity index (χ0v) is 10.8. The number of hydrogen-bond donors (Lipinski definition) is 1. The molecule has 2 unspecified atom stereocenters. The van der Waals surface area contributed by atoms with Crippen molar-refractivity contribution in [3.8, 4) is 0 Å². The Balaban J connectivity index is 1.59. The van der Waals surface area contributed by atoms with Gasteiger partial charge in [0.05, 0.1) is 7.11 Å². The molecule has 2 fully saturated rings. The molecule has 0 aromatic heterocycles. The van der Waals surface area contributed by atoms with Crippen LogP contribution < -0.4 is 5.32 Å². The van der Waals surface area contributed by atoms with Gasteiger partial charge in [-0.05, 0) is 51.7 Å². The first-order chi connectivity index (χ1) is 8.29. The van der Waals surface area contributed by atoms with Crippen LogP contribution >= 0.6 is 0 Å². The third-order valence-electron chi connectivity index (χ3n) is 4.04. The lowest BCUT2D eigenvalue weighted by Gasteiger charge is -2.35. The Bertz CT molecular complexity index is 258. The Hall–Kier alpha value is -0.610. The van der Waals surface area contributed by atoms with E-state index in [0.717, 1.165) is 19.0 Å². The number of esters is 1. The second-order valence-corrected chi connectivity index (χ2v) is 5.19. The van der Waals surface area contributed by atoms with Crippen LogP contribution in [0.2, 0.25) is 0 Å². The fraction of sp³-hybridized carbons (Fsp3) is 0.923. The van der Waals surface area contributed by atoms with Crippen molar-refractivity contribution in [3.05, 3.63) is 0 Å². The van der Waals surface area contributed by atoms with E-state index in [4.69, 9.17) is 0 Å². The summed E-state index contributed by atoms with van der Waals surface area (Å²) >= 11 is 0. The number of piperidine rings is 1. The van der Waals surface area contributed by atoms with Crippen molar-refractivity contribution < 1.29 is 9.53 Å². The summed E-state index contributed by atoms with van der Waals surface area (Å²) < 4.78 is 4.63. The van der Waals surface area contributed by atoms with Crippen LogP contribution in [0.4, 0.5) is 0 Å². The lowest BCUT2D eigenvalue weighted by atomic mass is 9.97. The highest BCUT2D eigenvalue weighted by Crippen LogP contribution is 2.26. The number of ether oxygens (including phenoxy) is 1. The van der Waals surface area contributed by atoms with E-state index in [1.165, 1.54) is 45.9 Å². The Morgan fingerprint density at radius 3 is 3.12 bits per heavy atom. The minimum Gasteiger partial charge on any atom is -0.469 e. The van der Waals surface area contributed by atoms with Gasteiger partial charge in [0.15, 0.2) is 0 Å². The lowest BCUT2D eigenvalue weighted by molar-refractivity contribution is -0.140. The minimum atomic E-state index is -0.0996. The molecular weight excluding hydrogens is 216 g/mol. The van der Waals surface area contributed by atoms with E-state index in [0.29, 0.717) is 12.5 Å². The van der Waals surface area contributed by atoms with Crippen LogP contribution in [0.5, 0.6) is 0 Å². The third-order valence-corrected chi connectivity index (χ3v) is 4.04. The van der Waals surface area contributed by atoms with Crippen molar-refractivity contribution in [3.63, 3.8) is 0 Å². The Labute approximate surface area is 104 Å². The van der Waals surface area contributed by atoms with E-state index in [2.05, 4.69) is 15.0 Å². The van der Waals surface area contributed by atoms with E-state index in [9.17, 15) is 4.79 Å². The average Bonchev–Trinajstić information content (AvgIpc) is 2.81. The average molecular weight is 240 g/mol. The maximum atomic E-state index is 11.0. The van der Waals surface area contributed by atoms with E-state index in [1.54, 1.807) is 0 Å². The number of hydrogen-bond acceptors (Lipinski definition) is 4. The number of carbonyl (C=O) groups excluding carboxylic acids is 1. The molecule has 0 aliphatic carbocycles. The zero-order valence-electron chi connectivity index (χ0n) is 10.8. The summed E-state index contributed by atoms with van der Waals surface area (Å²) in [6.45, 7) is 3.49.